The molecule has 0 fully saturated rings. The molecule has 2 aromatic carbocycles. The minimum absolute atomic E-state index is 0.120. The number of nitrogens with zero attached hydrogens (tertiary/aromatic N) is 3. The molecule has 0 aliphatic rings. The van der Waals surface area contributed by atoms with E-state index < -0.39 is 0 Å². The summed E-state index contributed by atoms with van der Waals surface area (Å²) in [6.07, 6.45) is 0. The lowest BCUT2D eigenvalue weighted by Crippen LogP contribution is -2.33. The minimum atomic E-state index is -0.246. The van der Waals surface area contributed by atoms with Gasteiger partial charge in [-0.2, -0.15) is 0 Å². The fraction of sp³-hybridized carbons (Fsp3) is 0.318. The van der Waals surface area contributed by atoms with E-state index in [2.05, 4.69) is 33.9 Å². The van der Waals surface area contributed by atoms with Gasteiger partial charge in [-0.1, -0.05) is 73.1 Å². The highest BCUT2D eigenvalue weighted by atomic mass is 35.5. The van der Waals surface area contributed by atoms with E-state index in [4.69, 9.17) is 23.2 Å². The van der Waals surface area contributed by atoms with Crippen molar-refractivity contribution in [3.8, 4) is 0 Å². The number of halogens is 2. The van der Waals surface area contributed by atoms with E-state index in [-0.39, 0.29) is 17.9 Å². The normalized spacial score (nSPS) is 12.2. The summed E-state index contributed by atoms with van der Waals surface area (Å²) < 4.78 is 2.05. The lowest BCUT2D eigenvalue weighted by atomic mass is 10.0. The highest BCUT2D eigenvalue weighted by Crippen LogP contribution is 2.29. The highest BCUT2D eigenvalue weighted by molar-refractivity contribution is 7.98. The monoisotopic (exact) mass is 462 g/mol. The zero-order chi connectivity index (χ0) is 21.7. The van der Waals surface area contributed by atoms with Crippen molar-refractivity contribution in [3.05, 3.63) is 75.5 Å². The smallest absolute Gasteiger partial charge is 0.251 e. The Morgan fingerprint density at radius 2 is 1.83 bits per heavy atom. The molecule has 5 nitrogen and oxygen atoms in total. The molecule has 1 atom stereocenters. The van der Waals surface area contributed by atoms with Gasteiger partial charge in [-0.15, -0.1) is 10.2 Å². The van der Waals surface area contributed by atoms with E-state index in [9.17, 15) is 4.79 Å². The Hall–Kier alpha value is -2.02. The zero-order valence-corrected chi connectivity index (χ0v) is 19.4. The zero-order valence-electron chi connectivity index (χ0n) is 17.1. The molecule has 0 unspecified atom stereocenters. The first kappa shape index (κ1) is 22.7. The third-order valence-corrected chi connectivity index (χ3v) is 6.46. The van der Waals surface area contributed by atoms with Crippen LogP contribution in [0.3, 0.4) is 0 Å². The molecule has 30 heavy (non-hydrogen) atoms. The third-order valence-electron chi connectivity index (χ3n) is 4.68. The Balaban J connectivity index is 1.79. The van der Waals surface area contributed by atoms with Crippen molar-refractivity contribution in [2.45, 2.75) is 44.3 Å². The first-order chi connectivity index (χ1) is 14.4. The number of nitrogens with one attached hydrogen (secondary N) is 1. The van der Waals surface area contributed by atoms with Gasteiger partial charge in [0.05, 0.1) is 16.1 Å². The van der Waals surface area contributed by atoms with Gasteiger partial charge >= 0.3 is 0 Å². The van der Waals surface area contributed by atoms with Crippen LogP contribution in [0.15, 0.2) is 53.7 Å². The lowest BCUT2D eigenvalue weighted by molar-refractivity contribution is 0.0922. The second kappa shape index (κ2) is 10.3. The van der Waals surface area contributed by atoms with Gasteiger partial charge < -0.3 is 9.88 Å². The Labute approximate surface area is 191 Å². The predicted octanol–water partition coefficient (Wildman–Crippen LogP) is 6.02. The number of hydrogen-bond acceptors (Lipinski definition) is 4. The third kappa shape index (κ3) is 5.36. The molecule has 0 aliphatic heterocycles. The molecule has 1 aromatic heterocycles. The first-order valence-electron chi connectivity index (χ1n) is 9.76. The summed E-state index contributed by atoms with van der Waals surface area (Å²) in [7, 11) is 0. The highest BCUT2D eigenvalue weighted by Gasteiger charge is 2.26. The molecule has 3 rings (SSSR count). The molecule has 3 aromatic rings. The van der Waals surface area contributed by atoms with Crippen molar-refractivity contribution in [1.29, 1.82) is 0 Å². The van der Waals surface area contributed by atoms with Crippen LogP contribution in [0.25, 0.3) is 0 Å². The van der Waals surface area contributed by atoms with E-state index in [1.54, 1.807) is 30.0 Å². The van der Waals surface area contributed by atoms with Crippen molar-refractivity contribution < 1.29 is 4.79 Å². The summed E-state index contributed by atoms with van der Waals surface area (Å²) in [6, 6.07) is 14.6. The maximum atomic E-state index is 12.7. The van der Waals surface area contributed by atoms with Gasteiger partial charge in [0.25, 0.3) is 5.91 Å². The lowest BCUT2D eigenvalue weighted by Gasteiger charge is -2.22. The van der Waals surface area contributed by atoms with Gasteiger partial charge in [0, 0.05) is 17.9 Å². The van der Waals surface area contributed by atoms with Crippen LogP contribution >= 0.6 is 35.0 Å². The molecular formula is C22H24Cl2N4OS. The molecule has 158 valence electrons. The maximum Gasteiger partial charge on any atom is 0.251 e. The van der Waals surface area contributed by atoms with Crippen LogP contribution in [-0.2, 0) is 12.3 Å². The van der Waals surface area contributed by atoms with Gasteiger partial charge in [0.15, 0.2) is 11.0 Å². The van der Waals surface area contributed by atoms with Gasteiger partial charge in [-0.3, -0.25) is 4.79 Å². The standard InChI is InChI=1S/C22H24Cl2N4OS/c1-4-28-20(19(14(2)3)25-21(29)16-8-6-5-7-9-16)26-27-22(28)30-13-15-10-11-17(23)18(24)12-15/h5-12,14,19H,4,13H2,1-3H3,(H,25,29)/t19-/m0/s1. The van der Waals surface area contributed by atoms with Gasteiger partial charge in [0.1, 0.15) is 0 Å². The number of carbonyl (C=O) groups excluding carboxylic acids is 1. The summed E-state index contributed by atoms with van der Waals surface area (Å²) in [5, 5.41) is 13.8. The van der Waals surface area contributed by atoms with Crippen molar-refractivity contribution in [3.63, 3.8) is 0 Å². The Morgan fingerprint density at radius 1 is 1.10 bits per heavy atom. The number of benzene rings is 2. The van der Waals surface area contributed by atoms with E-state index in [1.165, 1.54) is 0 Å². The topological polar surface area (TPSA) is 59.8 Å². The summed E-state index contributed by atoms with van der Waals surface area (Å²) >= 11 is 13.7. The summed E-state index contributed by atoms with van der Waals surface area (Å²) in [5.41, 5.74) is 1.68. The maximum absolute atomic E-state index is 12.7. The van der Waals surface area contributed by atoms with Gasteiger partial charge in [-0.05, 0) is 42.7 Å². The quantitative estimate of drug-likeness (QED) is 0.415. The van der Waals surface area contributed by atoms with Gasteiger partial charge in [-0.25, -0.2) is 0 Å². The molecule has 0 saturated carbocycles. The summed E-state index contributed by atoms with van der Waals surface area (Å²) in [6.45, 7) is 6.88. The molecule has 0 radical (unpaired) electrons. The average molecular weight is 463 g/mol. The number of amides is 1. The first-order valence-corrected chi connectivity index (χ1v) is 11.5. The molecule has 0 bridgehead atoms. The van der Waals surface area contributed by atoms with Crippen molar-refractivity contribution in [1.82, 2.24) is 20.1 Å². The molecule has 0 aliphatic carbocycles. The molecule has 1 heterocycles. The molecular weight excluding hydrogens is 439 g/mol. The van der Waals surface area contributed by atoms with Crippen LogP contribution < -0.4 is 5.32 Å². The van der Waals surface area contributed by atoms with Crippen molar-refractivity contribution >= 4 is 40.9 Å². The SMILES string of the molecule is CCn1c(SCc2ccc(Cl)c(Cl)c2)nnc1[C@@H](NC(=O)c1ccccc1)C(C)C. The molecule has 0 saturated heterocycles. The second-order valence-electron chi connectivity index (χ2n) is 7.18. The molecule has 8 heteroatoms. The minimum Gasteiger partial charge on any atom is -0.342 e. The van der Waals surface area contributed by atoms with Crippen LogP contribution in [0.2, 0.25) is 10.0 Å². The Kier molecular flexibility index (Phi) is 7.81. The Bertz CT molecular complexity index is 1010. The van der Waals surface area contributed by atoms with Crippen LogP contribution in [0, 0.1) is 5.92 Å². The van der Waals surface area contributed by atoms with E-state index >= 15 is 0 Å². The molecule has 1 amide bonds. The van der Waals surface area contributed by atoms with Crippen molar-refractivity contribution in [2.24, 2.45) is 5.92 Å². The molecule has 1 N–H and O–H groups in total. The average Bonchev–Trinajstić information content (AvgIpc) is 3.15. The van der Waals surface area contributed by atoms with Crippen molar-refractivity contribution in [2.75, 3.05) is 0 Å². The Morgan fingerprint density at radius 3 is 2.47 bits per heavy atom. The molecule has 0 spiro atoms. The fourth-order valence-electron chi connectivity index (χ4n) is 3.05. The van der Waals surface area contributed by atoms with Crippen LogP contribution in [0.4, 0.5) is 0 Å². The van der Waals surface area contributed by atoms with Crippen LogP contribution in [0.1, 0.15) is 48.6 Å². The predicted molar refractivity (Wildman–Crippen MR) is 123 cm³/mol. The van der Waals surface area contributed by atoms with E-state index in [0.29, 0.717) is 27.9 Å². The summed E-state index contributed by atoms with van der Waals surface area (Å²) in [5.74, 6) is 1.48. The van der Waals surface area contributed by atoms with Crippen LogP contribution in [0.5, 0.6) is 0 Å². The van der Waals surface area contributed by atoms with Gasteiger partial charge in [0.2, 0.25) is 0 Å². The largest absolute Gasteiger partial charge is 0.342 e. The van der Waals surface area contributed by atoms with E-state index in [1.807, 2.05) is 37.3 Å². The number of rotatable bonds is 8. The number of thioether (sulfide) groups is 1. The second-order valence-corrected chi connectivity index (χ2v) is 8.94. The number of hydrogen-bond donors (Lipinski definition) is 1. The fourth-order valence-corrected chi connectivity index (χ4v) is 4.33. The van der Waals surface area contributed by atoms with Crippen LogP contribution in [-0.4, -0.2) is 20.7 Å². The summed E-state index contributed by atoms with van der Waals surface area (Å²) in [4.78, 5) is 12.7. The number of aromatic nitrogens is 3. The number of carbonyl (C=O) groups is 1. The van der Waals surface area contributed by atoms with E-state index in [0.717, 1.165) is 16.5 Å².